The summed E-state index contributed by atoms with van der Waals surface area (Å²) >= 11 is 0. The van der Waals surface area contributed by atoms with Crippen LogP contribution in [0.5, 0.6) is 0 Å². The highest BCUT2D eigenvalue weighted by atomic mass is 28.4. The van der Waals surface area contributed by atoms with Crippen molar-refractivity contribution in [1.82, 2.24) is 0 Å². The van der Waals surface area contributed by atoms with E-state index in [0.717, 1.165) is 31.0 Å². The Labute approximate surface area is 256 Å². The molecule has 5 aliphatic rings. The van der Waals surface area contributed by atoms with E-state index >= 15 is 0 Å². The van der Waals surface area contributed by atoms with E-state index < -0.39 is 45.5 Å². The third-order valence-corrected chi connectivity index (χ3v) is 22.3. The highest BCUT2D eigenvalue weighted by Crippen LogP contribution is 2.68. The van der Waals surface area contributed by atoms with Gasteiger partial charge >= 0.3 is 6.16 Å². The van der Waals surface area contributed by atoms with Crippen LogP contribution in [0.1, 0.15) is 95.4 Å². The van der Waals surface area contributed by atoms with Crippen LogP contribution in [-0.2, 0) is 23.1 Å². The van der Waals surface area contributed by atoms with Crippen LogP contribution in [0, 0.1) is 16.7 Å². The van der Waals surface area contributed by atoms with Crippen LogP contribution in [0.4, 0.5) is 4.79 Å². The summed E-state index contributed by atoms with van der Waals surface area (Å²) in [5, 5.41) is 12.3. The summed E-state index contributed by atoms with van der Waals surface area (Å²) < 4.78 is 33.6. The number of hydrogen-bond donors (Lipinski definition) is 1. The van der Waals surface area contributed by atoms with E-state index in [9.17, 15) is 9.90 Å². The number of rotatable bonds is 7. The molecule has 0 unspecified atom stereocenters. The molecule has 2 saturated carbocycles. The summed E-state index contributed by atoms with van der Waals surface area (Å²) in [6.07, 6.45) is 0.107. The molecule has 7 nitrogen and oxygen atoms in total. The number of hydrogen-bond acceptors (Lipinski definition) is 7. The van der Waals surface area contributed by atoms with E-state index in [1.54, 1.807) is 0 Å². The maximum Gasteiger partial charge on any atom is 0.509 e. The molecule has 2 aliphatic heterocycles. The van der Waals surface area contributed by atoms with Gasteiger partial charge in [-0.05, 0) is 79.5 Å². The molecular formula is C33H58O7Si2. The molecule has 2 heterocycles. The van der Waals surface area contributed by atoms with Gasteiger partial charge < -0.3 is 28.2 Å². The molecule has 5 rings (SSSR count). The standard InChI is InChI=1S/C33H58O7Si2/c1-14-42(15-2,16-3)40-22-17-31(10)18-23-26(36-23)32(11,35)25(31)27-33(38-28(34)37-27)19-21(20(4)24(22)30(33,8)9)39-41(12,13)29(5,6)7/h21-23,25-27,35H,14-19H2,1-13H3/t21-,22-,23-,25-,26-,27-,31+,32-,33+/m0/s1. The van der Waals surface area contributed by atoms with Crippen molar-refractivity contribution in [2.45, 2.75) is 173 Å². The lowest BCUT2D eigenvalue weighted by molar-refractivity contribution is -0.196. The lowest BCUT2D eigenvalue weighted by Gasteiger charge is -2.62. The van der Waals surface area contributed by atoms with Crippen molar-refractivity contribution in [2.24, 2.45) is 16.7 Å². The molecule has 9 atom stereocenters. The lowest BCUT2D eigenvalue weighted by atomic mass is 9.47. The molecule has 240 valence electrons. The van der Waals surface area contributed by atoms with Gasteiger partial charge in [-0.2, -0.15) is 0 Å². The second-order valence-corrected chi connectivity index (χ2v) is 26.3. The Balaban J connectivity index is 1.77. The topological polar surface area (TPSA) is 86.8 Å². The lowest BCUT2D eigenvalue weighted by Crippen LogP contribution is -2.70. The number of carbonyl (C=O) groups is 1. The zero-order valence-corrected chi connectivity index (χ0v) is 30.6. The normalized spacial score (nSPS) is 43.0. The molecule has 4 fully saturated rings. The molecule has 1 spiro atoms. The van der Waals surface area contributed by atoms with Crippen molar-refractivity contribution in [3.8, 4) is 0 Å². The predicted molar refractivity (Wildman–Crippen MR) is 169 cm³/mol. The molecule has 1 N–H and O–H groups in total. The minimum absolute atomic E-state index is 0.0124. The molecule has 3 aliphatic carbocycles. The van der Waals surface area contributed by atoms with Crippen LogP contribution in [0.25, 0.3) is 0 Å². The van der Waals surface area contributed by atoms with Gasteiger partial charge in [-0.3, -0.25) is 0 Å². The van der Waals surface area contributed by atoms with Crippen LogP contribution in [0.3, 0.4) is 0 Å². The van der Waals surface area contributed by atoms with Gasteiger partial charge in [0, 0.05) is 17.8 Å². The average Bonchev–Trinajstić information content (AvgIpc) is 3.56. The molecule has 2 bridgehead atoms. The second-order valence-electron chi connectivity index (χ2n) is 16.8. The number of ether oxygens (including phenoxy) is 3. The Kier molecular flexibility index (Phi) is 7.69. The Morgan fingerprint density at radius 1 is 0.929 bits per heavy atom. The molecule has 0 radical (unpaired) electrons. The zero-order valence-electron chi connectivity index (χ0n) is 28.6. The highest BCUT2D eigenvalue weighted by Gasteiger charge is 2.77. The van der Waals surface area contributed by atoms with Gasteiger partial charge in [0.25, 0.3) is 0 Å². The average molecular weight is 623 g/mol. The summed E-state index contributed by atoms with van der Waals surface area (Å²) in [6.45, 7) is 29.0. The van der Waals surface area contributed by atoms with E-state index in [4.69, 9.17) is 23.1 Å². The summed E-state index contributed by atoms with van der Waals surface area (Å²) in [5.74, 6) is -0.375. The number of epoxide rings is 1. The first-order valence-corrected chi connectivity index (χ1v) is 21.9. The van der Waals surface area contributed by atoms with Gasteiger partial charge in [-0.1, -0.05) is 62.3 Å². The summed E-state index contributed by atoms with van der Waals surface area (Å²) in [7, 11) is -4.28. The fraction of sp³-hybridized carbons (Fsp3) is 0.909. The molecule has 0 aromatic carbocycles. The fourth-order valence-electron chi connectivity index (χ4n) is 9.40. The third kappa shape index (κ3) is 4.57. The predicted octanol–water partition coefficient (Wildman–Crippen LogP) is 7.74. The molecule has 9 heteroatoms. The molecular weight excluding hydrogens is 565 g/mol. The van der Waals surface area contributed by atoms with Gasteiger partial charge in [0.15, 0.2) is 28.3 Å². The number of aliphatic hydroxyl groups is 1. The first-order chi connectivity index (χ1) is 19.2. The summed E-state index contributed by atoms with van der Waals surface area (Å²) in [4.78, 5) is 13.4. The van der Waals surface area contributed by atoms with Crippen LogP contribution < -0.4 is 0 Å². The first kappa shape index (κ1) is 32.7. The quantitative estimate of drug-likeness (QED) is 0.135. The molecule has 2 saturated heterocycles. The van der Waals surface area contributed by atoms with E-state index in [1.165, 1.54) is 11.1 Å². The third-order valence-electron chi connectivity index (χ3n) is 13.1. The van der Waals surface area contributed by atoms with Gasteiger partial charge in [0.2, 0.25) is 0 Å². The molecule has 0 aromatic rings. The van der Waals surface area contributed by atoms with Gasteiger partial charge in [0.05, 0.1) is 23.9 Å². The van der Waals surface area contributed by atoms with Crippen LogP contribution in [0.15, 0.2) is 11.1 Å². The minimum atomic E-state index is -2.21. The summed E-state index contributed by atoms with van der Waals surface area (Å²) in [6, 6.07) is 3.14. The molecule has 0 amide bonds. The van der Waals surface area contributed by atoms with E-state index in [-0.39, 0.29) is 40.8 Å². The minimum Gasteiger partial charge on any atom is -0.426 e. The van der Waals surface area contributed by atoms with Crippen molar-refractivity contribution in [3.63, 3.8) is 0 Å². The Bertz CT molecular complexity index is 1130. The maximum absolute atomic E-state index is 13.4. The maximum atomic E-state index is 13.4. The van der Waals surface area contributed by atoms with Crippen molar-refractivity contribution in [3.05, 3.63) is 11.1 Å². The highest BCUT2D eigenvalue weighted by molar-refractivity contribution is 6.74. The SMILES string of the molecule is CC[Si](CC)(CC)O[C@H]1C[C@]2(C)C[C@@H]3O[C@@H]3[C@@](C)(O)[C@H]2[C@@H]2OC(=O)O[C@]23C[C@H](O[Si](C)(C)C(C)(C)C)C(C)=C1C3(C)C. The zero-order chi connectivity index (χ0) is 31.5. The molecule has 0 aromatic heterocycles. The van der Waals surface area contributed by atoms with Crippen molar-refractivity contribution < 1.29 is 33.0 Å². The summed E-state index contributed by atoms with van der Waals surface area (Å²) in [5.41, 5.74) is -0.743. The smallest absolute Gasteiger partial charge is 0.426 e. The second kappa shape index (κ2) is 9.89. The van der Waals surface area contributed by atoms with E-state index in [1.807, 2.05) is 6.92 Å². The fourth-order valence-corrected chi connectivity index (χ4v) is 13.5. The van der Waals surface area contributed by atoms with E-state index in [0.29, 0.717) is 6.42 Å². The van der Waals surface area contributed by atoms with Crippen molar-refractivity contribution >= 4 is 22.8 Å². The largest absolute Gasteiger partial charge is 0.509 e. The van der Waals surface area contributed by atoms with Crippen LogP contribution >= 0.6 is 0 Å². The number of carbonyl (C=O) groups excluding carboxylic acids is 1. The Morgan fingerprint density at radius 2 is 1.52 bits per heavy atom. The van der Waals surface area contributed by atoms with Crippen molar-refractivity contribution in [2.75, 3.05) is 0 Å². The van der Waals surface area contributed by atoms with Crippen LogP contribution in [0.2, 0.25) is 36.3 Å². The Morgan fingerprint density at radius 3 is 2.07 bits per heavy atom. The Hall–Kier alpha value is -0.716. The first-order valence-electron chi connectivity index (χ1n) is 16.5. The van der Waals surface area contributed by atoms with Gasteiger partial charge in [-0.15, -0.1) is 0 Å². The number of fused-ring (bicyclic) bond motifs is 4. The van der Waals surface area contributed by atoms with Crippen molar-refractivity contribution in [1.29, 1.82) is 0 Å². The van der Waals surface area contributed by atoms with Gasteiger partial charge in [-0.25, -0.2) is 4.79 Å². The molecule has 42 heavy (non-hydrogen) atoms. The van der Waals surface area contributed by atoms with Crippen LogP contribution in [-0.4, -0.2) is 69.6 Å². The monoisotopic (exact) mass is 622 g/mol. The van der Waals surface area contributed by atoms with Gasteiger partial charge in [0.1, 0.15) is 6.10 Å². The van der Waals surface area contributed by atoms with E-state index in [2.05, 4.69) is 82.3 Å².